The largest absolute Gasteiger partial charge is 0.472 e. The van der Waals surface area contributed by atoms with Gasteiger partial charge >= 0.3 is 0 Å². The summed E-state index contributed by atoms with van der Waals surface area (Å²) in [5, 5.41) is 0. The van der Waals surface area contributed by atoms with Gasteiger partial charge in [-0.2, -0.15) is 0 Å². The summed E-state index contributed by atoms with van der Waals surface area (Å²) in [7, 11) is 3.39. The summed E-state index contributed by atoms with van der Waals surface area (Å²) in [6, 6.07) is 11.2. The van der Waals surface area contributed by atoms with Crippen molar-refractivity contribution < 1.29 is 14.3 Å². The second-order valence-corrected chi connectivity index (χ2v) is 7.61. The van der Waals surface area contributed by atoms with Crippen LogP contribution in [0.25, 0.3) is 0 Å². The van der Waals surface area contributed by atoms with Gasteiger partial charge in [0.2, 0.25) is 5.88 Å². The second kappa shape index (κ2) is 8.42. The highest BCUT2D eigenvalue weighted by Crippen LogP contribution is 2.23. The zero-order valence-electron chi connectivity index (χ0n) is 16.9. The first-order valence-corrected chi connectivity index (χ1v) is 9.59. The van der Waals surface area contributed by atoms with Crippen molar-refractivity contribution >= 4 is 11.8 Å². The lowest BCUT2D eigenvalue weighted by Crippen LogP contribution is -2.31. The average molecular weight is 381 g/mol. The Balaban J connectivity index is 1.66. The summed E-state index contributed by atoms with van der Waals surface area (Å²) < 4.78 is 5.99. The Morgan fingerprint density at radius 2 is 1.89 bits per heavy atom. The van der Waals surface area contributed by atoms with Crippen molar-refractivity contribution in [2.75, 3.05) is 27.2 Å². The lowest BCUT2D eigenvalue weighted by atomic mass is 10.0. The van der Waals surface area contributed by atoms with Gasteiger partial charge in [-0.25, -0.2) is 4.98 Å². The highest BCUT2D eigenvalue weighted by molar-refractivity contribution is 5.96. The van der Waals surface area contributed by atoms with E-state index in [1.54, 1.807) is 37.3 Å². The molecule has 1 aromatic carbocycles. The van der Waals surface area contributed by atoms with E-state index < -0.39 is 0 Å². The van der Waals surface area contributed by atoms with E-state index in [1.165, 1.54) is 10.5 Å². The number of amides is 2. The molecule has 0 spiro atoms. The van der Waals surface area contributed by atoms with Crippen LogP contribution in [-0.4, -0.2) is 59.9 Å². The molecule has 148 valence electrons. The van der Waals surface area contributed by atoms with Crippen LogP contribution in [0.15, 0.2) is 42.6 Å². The molecule has 6 heteroatoms. The molecule has 1 aliphatic rings. The van der Waals surface area contributed by atoms with Crippen molar-refractivity contribution in [3.63, 3.8) is 0 Å². The van der Waals surface area contributed by atoms with E-state index in [4.69, 9.17) is 4.74 Å². The van der Waals surface area contributed by atoms with Crippen molar-refractivity contribution in [2.24, 2.45) is 0 Å². The van der Waals surface area contributed by atoms with Gasteiger partial charge in [-0.3, -0.25) is 9.59 Å². The summed E-state index contributed by atoms with van der Waals surface area (Å²) in [4.78, 5) is 32.6. The van der Waals surface area contributed by atoms with Gasteiger partial charge in [-0.15, -0.1) is 0 Å². The Morgan fingerprint density at radius 3 is 2.54 bits per heavy atom. The van der Waals surface area contributed by atoms with Crippen LogP contribution < -0.4 is 4.74 Å². The van der Waals surface area contributed by atoms with Gasteiger partial charge in [0.25, 0.3) is 11.8 Å². The number of ether oxygens (including phenoxy) is 1. The molecule has 1 atom stereocenters. The van der Waals surface area contributed by atoms with Crippen molar-refractivity contribution in [2.45, 2.75) is 32.3 Å². The topological polar surface area (TPSA) is 62.7 Å². The molecule has 28 heavy (non-hydrogen) atoms. The van der Waals surface area contributed by atoms with E-state index >= 15 is 0 Å². The quantitative estimate of drug-likeness (QED) is 0.798. The number of aromatic nitrogens is 1. The number of hydrogen-bond donors (Lipinski definition) is 0. The maximum absolute atomic E-state index is 12.8. The monoisotopic (exact) mass is 381 g/mol. The Bertz CT molecular complexity index is 846. The smallest absolute Gasteiger partial charge is 0.258 e. The summed E-state index contributed by atoms with van der Waals surface area (Å²) in [5.74, 6) is 0.610. The third-order valence-corrected chi connectivity index (χ3v) is 4.94. The molecule has 6 nitrogen and oxygen atoms in total. The summed E-state index contributed by atoms with van der Waals surface area (Å²) in [6.45, 7) is 5.37. The van der Waals surface area contributed by atoms with Crippen molar-refractivity contribution in [1.82, 2.24) is 14.8 Å². The molecule has 0 aliphatic carbocycles. The van der Waals surface area contributed by atoms with Crippen LogP contribution in [0.3, 0.4) is 0 Å². The highest BCUT2D eigenvalue weighted by atomic mass is 16.5. The minimum absolute atomic E-state index is 0.00650. The SMILES string of the molecule is CC(C)c1ccc(C(=O)N2CCC(Oc3ncccc3C(=O)N(C)C)C2)cc1. The number of rotatable bonds is 5. The first kappa shape index (κ1) is 19.9. The minimum atomic E-state index is -0.178. The fraction of sp³-hybridized carbons (Fsp3) is 0.409. The molecule has 0 N–H and O–H groups in total. The van der Waals surface area contributed by atoms with E-state index in [0.717, 1.165) is 0 Å². The number of carbonyl (C=O) groups is 2. The van der Waals surface area contributed by atoms with Crippen LogP contribution in [0.2, 0.25) is 0 Å². The lowest BCUT2D eigenvalue weighted by Gasteiger charge is -2.19. The second-order valence-electron chi connectivity index (χ2n) is 7.61. The first-order valence-electron chi connectivity index (χ1n) is 9.59. The molecule has 0 bridgehead atoms. The fourth-order valence-corrected chi connectivity index (χ4v) is 3.25. The fourth-order valence-electron chi connectivity index (χ4n) is 3.25. The van der Waals surface area contributed by atoms with E-state index in [1.807, 2.05) is 24.3 Å². The molecule has 2 aromatic rings. The van der Waals surface area contributed by atoms with Gasteiger partial charge in [0.15, 0.2) is 0 Å². The lowest BCUT2D eigenvalue weighted by molar-refractivity contribution is 0.0763. The molecule has 0 radical (unpaired) electrons. The summed E-state index contributed by atoms with van der Waals surface area (Å²) >= 11 is 0. The van der Waals surface area contributed by atoms with Gasteiger partial charge in [0.05, 0.1) is 6.54 Å². The van der Waals surface area contributed by atoms with Gasteiger partial charge in [0, 0.05) is 38.8 Å². The predicted molar refractivity (Wildman–Crippen MR) is 108 cm³/mol. The number of nitrogens with zero attached hydrogens (tertiary/aromatic N) is 3. The van der Waals surface area contributed by atoms with Crippen molar-refractivity contribution in [3.05, 3.63) is 59.3 Å². The molecule has 1 aliphatic heterocycles. The van der Waals surface area contributed by atoms with Crippen molar-refractivity contribution in [3.8, 4) is 5.88 Å². The highest BCUT2D eigenvalue weighted by Gasteiger charge is 2.29. The maximum atomic E-state index is 12.8. The molecular weight excluding hydrogens is 354 g/mol. The van der Waals surface area contributed by atoms with Crippen LogP contribution in [-0.2, 0) is 0 Å². The third-order valence-electron chi connectivity index (χ3n) is 4.94. The number of likely N-dealkylation sites (tertiary alicyclic amines) is 1. The Kier molecular flexibility index (Phi) is 5.97. The Morgan fingerprint density at radius 1 is 1.18 bits per heavy atom. The van der Waals surface area contributed by atoms with Crippen LogP contribution in [0, 0.1) is 0 Å². The van der Waals surface area contributed by atoms with Gasteiger partial charge in [-0.1, -0.05) is 26.0 Å². The minimum Gasteiger partial charge on any atom is -0.472 e. The standard InChI is InChI=1S/C22H27N3O3/c1-15(2)16-7-9-17(10-8-16)21(26)25-13-11-18(14-25)28-20-19(6-5-12-23-20)22(27)24(3)4/h5-10,12,15,18H,11,13-14H2,1-4H3. The van der Waals surface area contributed by atoms with Crippen LogP contribution >= 0.6 is 0 Å². The number of carbonyl (C=O) groups excluding carboxylic acids is 2. The van der Waals surface area contributed by atoms with E-state index in [-0.39, 0.29) is 17.9 Å². The normalized spacial score (nSPS) is 16.3. The van der Waals surface area contributed by atoms with Crippen LogP contribution in [0.1, 0.15) is 52.5 Å². The summed E-state index contributed by atoms with van der Waals surface area (Å²) in [6.07, 6.45) is 2.14. The molecule has 3 rings (SSSR count). The van der Waals surface area contributed by atoms with Gasteiger partial charge in [-0.05, 0) is 35.7 Å². The number of pyridine rings is 1. The molecule has 2 amide bonds. The van der Waals surface area contributed by atoms with Crippen molar-refractivity contribution in [1.29, 1.82) is 0 Å². The molecule has 2 heterocycles. The van der Waals surface area contributed by atoms with Crippen LogP contribution in [0.5, 0.6) is 5.88 Å². The first-order chi connectivity index (χ1) is 13.4. The number of hydrogen-bond acceptors (Lipinski definition) is 4. The van der Waals surface area contributed by atoms with E-state index in [9.17, 15) is 9.59 Å². The maximum Gasteiger partial charge on any atom is 0.258 e. The van der Waals surface area contributed by atoms with E-state index in [2.05, 4.69) is 18.8 Å². The Labute approximate surface area is 166 Å². The van der Waals surface area contributed by atoms with Gasteiger partial charge < -0.3 is 14.5 Å². The Hall–Kier alpha value is -2.89. The molecule has 1 aromatic heterocycles. The summed E-state index contributed by atoms with van der Waals surface area (Å²) in [5.41, 5.74) is 2.33. The average Bonchev–Trinajstić information content (AvgIpc) is 3.15. The molecule has 1 unspecified atom stereocenters. The van der Waals surface area contributed by atoms with Crippen LogP contribution in [0.4, 0.5) is 0 Å². The number of benzene rings is 1. The molecule has 1 saturated heterocycles. The third kappa shape index (κ3) is 4.32. The predicted octanol–water partition coefficient (Wildman–Crippen LogP) is 3.20. The van der Waals surface area contributed by atoms with E-state index in [0.29, 0.717) is 42.4 Å². The molecule has 0 saturated carbocycles. The zero-order chi connectivity index (χ0) is 20.3. The van der Waals surface area contributed by atoms with Gasteiger partial charge in [0.1, 0.15) is 11.7 Å². The zero-order valence-corrected chi connectivity index (χ0v) is 16.9. The molecular formula is C22H27N3O3. The molecule has 1 fully saturated rings.